The lowest BCUT2D eigenvalue weighted by molar-refractivity contribution is -0.143. The lowest BCUT2D eigenvalue weighted by Gasteiger charge is -2.49. The fraction of sp³-hybridized carbons (Fsp3) is 0.455. The number of aliphatic carboxylic acids is 1. The minimum absolute atomic E-state index is 0.0125. The standard InChI is InChI=1S/C33H38N4O4/c38-30-20-28(24-9-3-1-4-10-24)34-23-36(30)21-27-14-17-35(22-33(27)15-7-8-16-33)32(41)37-18-13-26(31(39)40)19-29(37)25-11-5-2-6-12-25/h1-6,9-12,20,23,26-27,29H,7-8,13-19,21-22H2,(H,39,40)/t26?,27-,29?/m0/s1. The van der Waals surface area contributed by atoms with Crippen LogP contribution in [0.1, 0.15) is 56.6 Å². The molecule has 3 aliphatic rings. The highest BCUT2D eigenvalue weighted by Crippen LogP contribution is 2.49. The molecule has 214 valence electrons. The van der Waals surface area contributed by atoms with E-state index in [1.165, 1.54) is 0 Å². The molecular weight excluding hydrogens is 516 g/mol. The first kappa shape index (κ1) is 27.2. The molecule has 2 unspecified atom stereocenters. The summed E-state index contributed by atoms with van der Waals surface area (Å²) >= 11 is 0. The summed E-state index contributed by atoms with van der Waals surface area (Å²) in [5, 5.41) is 9.72. The first-order valence-electron chi connectivity index (χ1n) is 14.9. The van der Waals surface area contributed by atoms with E-state index in [0.717, 1.165) is 43.2 Å². The van der Waals surface area contributed by atoms with Crippen molar-refractivity contribution in [2.45, 2.75) is 57.5 Å². The van der Waals surface area contributed by atoms with Crippen molar-refractivity contribution in [1.82, 2.24) is 19.4 Å². The van der Waals surface area contributed by atoms with Gasteiger partial charge in [0.2, 0.25) is 0 Å². The van der Waals surface area contributed by atoms with Crippen molar-refractivity contribution in [2.24, 2.45) is 17.3 Å². The van der Waals surface area contributed by atoms with Crippen LogP contribution in [0.2, 0.25) is 0 Å². The second-order valence-corrected chi connectivity index (χ2v) is 12.1. The van der Waals surface area contributed by atoms with Crippen LogP contribution in [0.25, 0.3) is 11.3 Å². The van der Waals surface area contributed by atoms with Crippen LogP contribution in [0.4, 0.5) is 4.79 Å². The minimum Gasteiger partial charge on any atom is -0.481 e. The van der Waals surface area contributed by atoms with E-state index in [-0.39, 0.29) is 23.0 Å². The summed E-state index contributed by atoms with van der Waals surface area (Å²) in [4.78, 5) is 47.6. The molecule has 3 fully saturated rings. The molecule has 1 aromatic heterocycles. The fourth-order valence-electron chi connectivity index (χ4n) is 7.46. The number of nitrogens with zero attached hydrogens (tertiary/aromatic N) is 4. The molecule has 8 heteroatoms. The van der Waals surface area contributed by atoms with Crippen LogP contribution >= 0.6 is 0 Å². The van der Waals surface area contributed by atoms with Crippen molar-refractivity contribution in [3.05, 3.63) is 89.0 Å². The fourth-order valence-corrected chi connectivity index (χ4v) is 7.46. The van der Waals surface area contributed by atoms with E-state index in [4.69, 9.17) is 0 Å². The number of hydrogen-bond donors (Lipinski definition) is 1. The van der Waals surface area contributed by atoms with Crippen LogP contribution in [0.5, 0.6) is 0 Å². The SMILES string of the molecule is O=C(O)C1CCN(C(=O)N2CC[C@@H](Cn3cnc(-c4ccccc4)cc3=O)C3(CCCC3)C2)C(c2ccccc2)C1. The summed E-state index contributed by atoms with van der Waals surface area (Å²) in [5.74, 6) is -0.944. The number of carbonyl (C=O) groups is 2. The van der Waals surface area contributed by atoms with Gasteiger partial charge in [-0.05, 0) is 49.0 Å². The van der Waals surface area contributed by atoms with E-state index in [9.17, 15) is 19.5 Å². The Balaban J connectivity index is 1.20. The number of benzene rings is 2. The number of carboxylic acids is 1. The average molecular weight is 555 g/mol. The number of aromatic nitrogens is 2. The first-order valence-corrected chi connectivity index (χ1v) is 14.9. The molecule has 1 saturated carbocycles. The van der Waals surface area contributed by atoms with Crippen molar-refractivity contribution in [1.29, 1.82) is 0 Å². The number of amides is 2. The number of likely N-dealkylation sites (tertiary alicyclic amines) is 2. The molecule has 2 aliphatic heterocycles. The van der Waals surface area contributed by atoms with Gasteiger partial charge in [-0.25, -0.2) is 9.78 Å². The normalized spacial score (nSPS) is 24.0. The van der Waals surface area contributed by atoms with Gasteiger partial charge in [-0.15, -0.1) is 0 Å². The molecule has 1 N–H and O–H groups in total. The van der Waals surface area contributed by atoms with Crippen molar-refractivity contribution >= 4 is 12.0 Å². The van der Waals surface area contributed by atoms with Gasteiger partial charge in [0.05, 0.1) is 24.0 Å². The average Bonchev–Trinajstić information content (AvgIpc) is 3.48. The lowest BCUT2D eigenvalue weighted by atomic mass is 9.69. The van der Waals surface area contributed by atoms with Gasteiger partial charge in [0, 0.05) is 37.8 Å². The zero-order valence-corrected chi connectivity index (χ0v) is 23.4. The van der Waals surface area contributed by atoms with Crippen LogP contribution in [-0.2, 0) is 11.3 Å². The van der Waals surface area contributed by atoms with Crippen LogP contribution in [-0.4, -0.2) is 56.1 Å². The Morgan fingerprint density at radius 3 is 2.34 bits per heavy atom. The third-order valence-corrected chi connectivity index (χ3v) is 9.74. The Hall–Kier alpha value is -3.94. The van der Waals surface area contributed by atoms with Gasteiger partial charge in [0.1, 0.15) is 0 Å². The largest absolute Gasteiger partial charge is 0.481 e. The molecule has 2 saturated heterocycles. The molecule has 3 aromatic rings. The van der Waals surface area contributed by atoms with Crippen molar-refractivity contribution in [3.63, 3.8) is 0 Å². The first-order chi connectivity index (χ1) is 19.9. The molecule has 2 amide bonds. The van der Waals surface area contributed by atoms with E-state index < -0.39 is 11.9 Å². The van der Waals surface area contributed by atoms with Gasteiger partial charge >= 0.3 is 12.0 Å². The molecule has 0 bridgehead atoms. The Morgan fingerprint density at radius 1 is 0.951 bits per heavy atom. The summed E-state index contributed by atoms with van der Waals surface area (Å²) in [6, 6.07) is 21.0. The Kier molecular flexibility index (Phi) is 7.65. The molecule has 3 atom stereocenters. The highest BCUT2D eigenvalue weighted by atomic mass is 16.4. The molecule has 8 nitrogen and oxygen atoms in total. The zero-order chi connectivity index (χ0) is 28.4. The predicted molar refractivity (Wildman–Crippen MR) is 156 cm³/mol. The van der Waals surface area contributed by atoms with E-state index in [2.05, 4.69) is 4.98 Å². The third-order valence-electron chi connectivity index (χ3n) is 9.74. The number of piperidine rings is 2. The van der Waals surface area contributed by atoms with Gasteiger partial charge < -0.3 is 14.9 Å². The molecule has 41 heavy (non-hydrogen) atoms. The molecule has 1 spiro atoms. The number of hydrogen-bond acceptors (Lipinski definition) is 4. The highest BCUT2D eigenvalue weighted by Gasteiger charge is 2.48. The van der Waals surface area contributed by atoms with E-state index in [1.54, 1.807) is 17.0 Å². The van der Waals surface area contributed by atoms with Crippen molar-refractivity contribution in [3.8, 4) is 11.3 Å². The predicted octanol–water partition coefficient (Wildman–Crippen LogP) is 5.45. The summed E-state index contributed by atoms with van der Waals surface area (Å²) in [6.45, 7) is 2.37. The zero-order valence-electron chi connectivity index (χ0n) is 23.4. The molecule has 3 heterocycles. The topological polar surface area (TPSA) is 95.7 Å². The molecular formula is C33H38N4O4. The van der Waals surface area contributed by atoms with Crippen molar-refractivity contribution in [2.75, 3.05) is 19.6 Å². The molecule has 2 aromatic carbocycles. The van der Waals surface area contributed by atoms with E-state index >= 15 is 0 Å². The Morgan fingerprint density at radius 2 is 1.66 bits per heavy atom. The number of urea groups is 1. The van der Waals surface area contributed by atoms with Crippen molar-refractivity contribution < 1.29 is 14.7 Å². The van der Waals surface area contributed by atoms with E-state index in [0.29, 0.717) is 50.6 Å². The number of carboxylic acid groups (broad SMARTS) is 1. The minimum atomic E-state index is -0.787. The number of rotatable bonds is 5. The maximum absolute atomic E-state index is 14.1. The van der Waals surface area contributed by atoms with Gasteiger partial charge in [-0.1, -0.05) is 73.5 Å². The van der Waals surface area contributed by atoms with Gasteiger partial charge in [-0.3, -0.25) is 14.2 Å². The monoisotopic (exact) mass is 554 g/mol. The second-order valence-electron chi connectivity index (χ2n) is 12.1. The summed E-state index contributed by atoms with van der Waals surface area (Å²) in [7, 11) is 0. The summed E-state index contributed by atoms with van der Waals surface area (Å²) in [5.41, 5.74) is 2.53. The van der Waals surface area contributed by atoms with Gasteiger partial charge in [-0.2, -0.15) is 0 Å². The molecule has 1 aliphatic carbocycles. The maximum Gasteiger partial charge on any atom is 0.320 e. The lowest BCUT2D eigenvalue weighted by Crippen LogP contribution is -2.56. The second kappa shape index (κ2) is 11.5. The summed E-state index contributed by atoms with van der Waals surface area (Å²) < 4.78 is 1.75. The maximum atomic E-state index is 14.1. The quantitative estimate of drug-likeness (QED) is 0.453. The van der Waals surface area contributed by atoms with Crippen LogP contribution < -0.4 is 5.56 Å². The Bertz CT molecular complexity index is 1430. The molecule has 6 rings (SSSR count). The van der Waals surface area contributed by atoms with Crippen LogP contribution in [0.3, 0.4) is 0 Å². The number of carbonyl (C=O) groups excluding carboxylic acids is 1. The highest BCUT2D eigenvalue weighted by molar-refractivity contribution is 5.76. The van der Waals surface area contributed by atoms with Crippen LogP contribution in [0, 0.1) is 17.3 Å². The smallest absolute Gasteiger partial charge is 0.320 e. The van der Waals surface area contributed by atoms with Gasteiger partial charge in [0.25, 0.3) is 5.56 Å². The summed E-state index contributed by atoms with van der Waals surface area (Å²) in [6.07, 6.45) is 7.79. The molecule has 0 radical (unpaired) electrons. The Labute approximate surface area is 240 Å². The van der Waals surface area contributed by atoms with Crippen LogP contribution in [0.15, 0.2) is 77.9 Å². The van der Waals surface area contributed by atoms with Gasteiger partial charge in [0.15, 0.2) is 0 Å². The third kappa shape index (κ3) is 5.52. The van der Waals surface area contributed by atoms with E-state index in [1.807, 2.05) is 70.5 Å².